The molecule has 0 saturated heterocycles. The molecular weight excluding hydrogens is 350 g/mol. The molecule has 1 amide bonds. The summed E-state index contributed by atoms with van der Waals surface area (Å²) < 4.78 is 2.06. The minimum absolute atomic E-state index is 0.000764. The lowest BCUT2D eigenvalue weighted by Gasteiger charge is -2.18. The van der Waals surface area contributed by atoms with Crippen molar-refractivity contribution in [2.75, 3.05) is 6.54 Å². The van der Waals surface area contributed by atoms with E-state index in [4.69, 9.17) is 0 Å². The highest BCUT2D eigenvalue weighted by Crippen LogP contribution is 2.20. The van der Waals surface area contributed by atoms with E-state index in [1.807, 2.05) is 48.5 Å². The van der Waals surface area contributed by atoms with E-state index in [0.717, 1.165) is 43.0 Å². The predicted molar refractivity (Wildman–Crippen MR) is 108 cm³/mol. The lowest BCUT2D eigenvalue weighted by atomic mass is 10.0. The number of fused-ring (bicyclic) bond motifs is 1. The highest BCUT2D eigenvalue weighted by Gasteiger charge is 2.18. The number of hydrogen-bond donors (Lipinski definition) is 2. The van der Waals surface area contributed by atoms with Crippen molar-refractivity contribution in [2.45, 2.75) is 38.4 Å². The Morgan fingerprint density at radius 3 is 2.86 bits per heavy atom. The highest BCUT2D eigenvalue weighted by molar-refractivity contribution is 5.77. The number of pyridine rings is 1. The molecule has 0 unspecified atom stereocenters. The molecule has 2 N–H and O–H groups in total. The van der Waals surface area contributed by atoms with Gasteiger partial charge in [0, 0.05) is 32.1 Å². The minimum Gasteiger partial charge on any atom is -0.344 e. The fraction of sp³-hybridized carbons (Fsp3) is 0.318. The quantitative estimate of drug-likeness (QED) is 0.695. The molecule has 0 bridgehead atoms. The van der Waals surface area contributed by atoms with Gasteiger partial charge < -0.3 is 10.6 Å². The molecule has 6 heteroatoms. The van der Waals surface area contributed by atoms with Crippen molar-refractivity contribution in [3.05, 3.63) is 83.4 Å². The molecule has 3 heterocycles. The van der Waals surface area contributed by atoms with Gasteiger partial charge in [-0.05, 0) is 36.7 Å². The number of aryl methyl sites for hydroxylation is 2. The molecule has 1 aromatic carbocycles. The Kier molecular flexibility index (Phi) is 5.77. The Hall–Kier alpha value is -2.99. The average molecular weight is 375 g/mol. The Labute approximate surface area is 165 Å². The van der Waals surface area contributed by atoms with E-state index < -0.39 is 0 Å². The fourth-order valence-corrected chi connectivity index (χ4v) is 3.54. The molecule has 28 heavy (non-hydrogen) atoms. The number of nitrogens with zero attached hydrogens (tertiary/aromatic N) is 3. The molecule has 0 aliphatic carbocycles. The molecule has 1 aliphatic rings. The van der Waals surface area contributed by atoms with Crippen LogP contribution in [0.15, 0.2) is 60.8 Å². The van der Waals surface area contributed by atoms with Crippen LogP contribution in [0.3, 0.4) is 0 Å². The molecular formula is C22H25N5O. The Morgan fingerprint density at radius 1 is 1.18 bits per heavy atom. The Morgan fingerprint density at radius 2 is 2.04 bits per heavy atom. The molecule has 1 aliphatic heterocycles. The maximum Gasteiger partial charge on any atom is 0.221 e. The zero-order chi connectivity index (χ0) is 19.2. The van der Waals surface area contributed by atoms with Crippen LogP contribution in [-0.2, 0) is 24.3 Å². The van der Waals surface area contributed by atoms with Crippen LogP contribution in [0.25, 0.3) is 0 Å². The van der Waals surface area contributed by atoms with Gasteiger partial charge in [-0.15, -0.1) is 0 Å². The normalized spacial score (nSPS) is 14.7. The molecule has 0 fully saturated rings. The second-order valence-corrected chi connectivity index (χ2v) is 7.05. The van der Waals surface area contributed by atoms with Crippen LogP contribution in [0.4, 0.5) is 0 Å². The highest BCUT2D eigenvalue weighted by atomic mass is 16.1. The van der Waals surface area contributed by atoms with Crippen LogP contribution in [0, 0.1) is 0 Å². The van der Waals surface area contributed by atoms with Crippen LogP contribution in [0.2, 0.25) is 0 Å². The van der Waals surface area contributed by atoms with Crippen LogP contribution in [0.5, 0.6) is 0 Å². The van der Waals surface area contributed by atoms with E-state index >= 15 is 0 Å². The first kappa shape index (κ1) is 18.4. The third-order valence-electron chi connectivity index (χ3n) is 4.97. The minimum atomic E-state index is -0.252. The van der Waals surface area contributed by atoms with Crippen LogP contribution >= 0.6 is 0 Å². The van der Waals surface area contributed by atoms with Crippen molar-refractivity contribution in [3.63, 3.8) is 0 Å². The van der Waals surface area contributed by atoms with E-state index in [2.05, 4.69) is 31.5 Å². The van der Waals surface area contributed by atoms with E-state index in [1.165, 1.54) is 5.69 Å². The van der Waals surface area contributed by atoms with Gasteiger partial charge in [0.25, 0.3) is 0 Å². The van der Waals surface area contributed by atoms with Crippen molar-refractivity contribution < 1.29 is 4.79 Å². The van der Waals surface area contributed by atoms with Gasteiger partial charge in [-0.1, -0.05) is 36.4 Å². The second kappa shape index (κ2) is 8.80. The molecule has 4 rings (SSSR count). The maximum atomic E-state index is 12.7. The summed E-state index contributed by atoms with van der Waals surface area (Å²) >= 11 is 0. The van der Waals surface area contributed by atoms with Gasteiger partial charge in [0.1, 0.15) is 0 Å². The molecule has 0 spiro atoms. The zero-order valence-corrected chi connectivity index (χ0v) is 15.8. The lowest BCUT2D eigenvalue weighted by molar-refractivity contribution is -0.121. The first-order valence-electron chi connectivity index (χ1n) is 9.81. The van der Waals surface area contributed by atoms with E-state index in [0.29, 0.717) is 12.8 Å². The van der Waals surface area contributed by atoms with Crippen molar-refractivity contribution in [3.8, 4) is 0 Å². The first-order valence-corrected chi connectivity index (χ1v) is 9.81. The summed E-state index contributed by atoms with van der Waals surface area (Å²) in [5.74, 6) is 0.000764. The summed E-state index contributed by atoms with van der Waals surface area (Å²) in [6.07, 6.45) is 3.87. The summed E-state index contributed by atoms with van der Waals surface area (Å²) in [5.41, 5.74) is 4.03. The van der Waals surface area contributed by atoms with Crippen molar-refractivity contribution in [1.29, 1.82) is 0 Å². The van der Waals surface area contributed by atoms with Gasteiger partial charge in [-0.25, -0.2) is 0 Å². The third kappa shape index (κ3) is 4.46. The second-order valence-electron chi connectivity index (χ2n) is 7.05. The van der Waals surface area contributed by atoms with Crippen molar-refractivity contribution in [1.82, 2.24) is 25.4 Å². The summed E-state index contributed by atoms with van der Waals surface area (Å²) in [6, 6.07) is 17.6. The summed E-state index contributed by atoms with van der Waals surface area (Å²) in [5, 5.41) is 11.2. The van der Waals surface area contributed by atoms with Gasteiger partial charge in [0.2, 0.25) is 5.91 Å². The SMILES string of the molecule is O=C(CCc1cc2n(n1)CCCNC2)N[C@H](c1ccccc1)c1ccccn1. The molecule has 1 atom stereocenters. The Bertz CT molecular complexity index is 844. The first-order chi connectivity index (χ1) is 13.8. The fourth-order valence-electron chi connectivity index (χ4n) is 3.54. The molecule has 6 nitrogen and oxygen atoms in total. The number of benzene rings is 1. The molecule has 0 radical (unpaired) electrons. The number of aromatic nitrogens is 3. The number of carbonyl (C=O) groups excluding carboxylic acids is 1. The largest absolute Gasteiger partial charge is 0.344 e. The van der Waals surface area contributed by atoms with E-state index in [9.17, 15) is 4.79 Å². The summed E-state index contributed by atoms with van der Waals surface area (Å²) in [6.45, 7) is 2.80. The number of amides is 1. The van der Waals surface area contributed by atoms with Gasteiger partial charge in [-0.2, -0.15) is 5.10 Å². The van der Waals surface area contributed by atoms with E-state index in [-0.39, 0.29) is 11.9 Å². The molecule has 3 aromatic rings. The monoisotopic (exact) mass is 375 g/mol. The molecule has 2 aromatic heterocycles. The van der Waals surface area contributed by atoms with Gasteiger partial charge >= 0.3 is 0 Å². The topological polar surface area (TPSA) is 71.8 Å². The number of nitrogens with one attached hydrogen (secondary N) is 2. The van der Waals surface area contributed by atoms with E-state index in [1.54, 1.807) is 6.20 Å². The average Bonchev–Trinajstić information content (AvgIpc) is 3.00. The summed E-state index contributed by atoms with van der Waals surface area (Å²) in [7, 11) is 0. The zero-order valence-electron chi connectivity index (χ0n) is 15.8. The standard InChI is InChI=1S/C22H25N5O/c28-21(11-10-18-15-19-16-23-12-6-14-27(19)26-18)25-22(17-7-2-1-3-8-17)20-9-4-5-13-24-20/h1-5,7-9,13,15,22-23H,6,10-12,14,16H2,(H,25,28)/t22-/m1/s1. The number of hydrogen-bond acceptors (Lipinski definition) is 4. The summed E-state index contributed by atoms with van der Waals surface area (Å²) in [4.78, 5) is 17.1. The number of carbonyl (C=O) groups is 1. The lowest BCUT2D eigenvalue weighted by Crippen LogP contribution is -2.30. The molecule has 0 saturated carbocycles. The smallest absolute Gasteiger partial charge is 0.221 e. The molecule has 144 valence electrons. The van der Waals surface area contributed by atoms with Crippen LogP contribution < -0.4 is 10.6 Å². The Balaban J connectivity index is 1.42. The number of rotatable bonds is 6. The van der Waals surface area contributed by atoms with Crippen LogP contribution in [-0.4, -0.2) is 27.2 Å². The predicted octanol–water partition coefficient (Wildman–Crippen LogP) is 2.61. The maximum absolute atomic E-state index is 12.7. The van der Waals surface area contributed by atoms with Gasteiger partial charge in [-0.3, -0.25) is 14.5 Å². The van der Waals surface area contributed by atoms with Crippen molar-refractivity contribution >= 4 is 5.91 Å². The third-order valence-corrected chi connectivity index (χ3v) is 4.97. The van der Waals surface area contributed by atoms with Crippen molar-refractivity contribution in [2.24, 2.45) is 0 Å². The van der Waals surface area contributed by atoms with Gasteiger partial charge in [0.05, 0.1) is 23.1 Å². The van der Waals surface area contributed by atoms with Crippen LogP contribution in [0.1, 0.15) is 41.5 Å². The van der Waals surface area contributed by atoms with Gasteiger partial charge in [0.15, 0.2) is 0 Å².